The fraction of sp³-hybridized carbons (Fsp3) is 0.125. The highest BCUT2D eigenvalue weighted by molar-refractivity contribution is 5.86. The number of hydrogen-bond acceptors (Lipinski definition) is 0. The number of fused-ring (bicyclic) bond motifs is 1. The summed E-state index contributed by atoms with van der Waals surface area (Å²) in [5, 5.41) is 2.70. The largest absolute Gasteiger partial charge is 0.0732 e. The first kappa shape index (κ1) is 9.41. The number of allylic oxidation sites excluding steroid dienone is 4. The van der Waals surface area contributed by atoms with Crippen LogP contribution in [0.1, 0.15) is 17.0 Å². The highest BCUT2D eigenvalue weighted by Gasteiger charge is 2.11. The predicted molar refractivity (Wildman–Crippen MR) is 69.7 cm³/mol. The molecule has 0 radical (unpaired) electrons. The zero-order valence-electron chi connectivity index (χ0n) is 9.35. The van der Waals surface area contributed by atoms with Gasteiger partial charge in [-0.1, -0.05) is 60.7 Å². The molecule has 0 spiro atoms. The van der Waals surface area contributed by atoms with Crippen molar-refractivity contribution in [3.05, 3.63) is 71.8 Å². The van der Waals surface area contributed by atoms with Gasteiger partial charge in [0.15, 0.2) is 0 Å². The van der Waals surface area contributed by atoms with E-state index in [1.54, 1.807) is 0 Å². The van der Waals surface area contributed by atoms with Gasteiger partial charge in [0.1, 0.15) is 0 Å². The van der Waals surface area contributed by atoms with E-state index in [4.69, 9.17) is 0 Å². The van der Waals surface area contributed by atoms with E-state index in [9.17, 15) is 0 Å². The van der Waals surface area contributed by atoms with Crippen LogP contribution in [-0.4, -0.2) is 0 Å². The van der Waals surface area contributed by atoms with E-state index in [-0.39, 0.29) is 0 Å². The van der Waals surface area contributed by atoms with Crippen molar-refractivity contribution in [2.75, 3.05) is 0 Å². The summed E-state index contributed by atoms with van der Waals surface area (Å²) in [5.41, 5.74) is 2.82. The molecule has 16 heavy (non-hydrogen) atoms. The Morgan fingerprint density at radius 1 is 0.875 bits per heavy atom. The smallest absolute Gasteiger partial charge is 0.0207 e. The molecule has 0 atom stereocenters. The van der Waals surface area contributed by atoms with Crippen molar-refractivity contribution in [2.24, 2.45) is 0 Å². The van der Waals surface area contributed by atoms with Gasteiger partial charge in [0.05, 0.1) is 0 Å². The molecule has 0 nitrogen and oxygen atoms in total. The molecular formula is C16H14. The van der Waals surface area contributed by atoms with Gasteiger partial charge in [-0.15, -0.1) is 0 Å². The summed E-state index contributed by atoms with van der Waals surface area (Å²) in [6.45, 7) is 2.22. The van der Waals surface area contributed by atoms with Crippen molar-refractivity contribution >= 4 is 10.8 Å². The van der Waals surface area contributed by atoms with Crippen molar-refractivity contribution < 1.29 is 0 Å². The van der Waals surface area contributed by atoms with Gasteiger partial charge < -0.3 is 0 Å². The summed E-state index contributed by atoms with van der Waals surface area (Å²) in [4.78, 5) is 0. The SMILES string of the molecule is Cc1c(C2C=CC=C2)ccc2ccccc12. The van der Waals surface area contributed by atoms with E-state index in [2.05, 4.69) is 67.6 Å². The van der Waals surface area contributed by atoms with Crippen LogP contribution in [0.2, 0.25) is 0 Å². The molecule has 0 aromatic heterocycles. The van der Waals surface area contributed by atoms with Crippen LogP contribution in [0, 0.1) is 6.92 Å². The quantitative estimate of drug-likeness (QED) is 0.650. The lowest BCUT2D eigenvalue weighted by atomic mass is 9.92. The van der Waals surface area contributed by atoms with Gasteiger partial charge >= 0.3 is 0 Å². The number of benzene rings is 2. The van der Waals surface area contributed by atoms with Crippen LogP contribution in [0.5, 0.6) is 0 Å². The minimum absolute atomic E-state index is 0.463. The third-order valence-corrected chi connectivity index (χ3v) is 3.35. The summed E-state index contributed by atoms with van der Waals surface area (Å²) in [5.74, 6) is 0.463. The molecule has 0 N–H and O–H groups in total. The summed E-state index contributed by atoms with van der Waals surface area (Å²) in [7, 11) is 0. The van der Waals surface area contributed by atoms with E-state index in [1.165, 1.54) is 21.9 Å². The Morgan fingerprint density at radius 2 is 1.62 bits per heavy atom. The van der Waals surface area contributed by atoms with Crippen molar-refractivity contribution in [3.8, 4) is 0 Å². The molecule has 78 valence electrons. The van der Waals surface area contributed by atoms with Crippen LogP contribution in [0.4, 0.5) is 0 Å². The number of hydrogen-bond donors (Lipinski definition) is 0. The Balaban J connectivity index is 2.23. The predicted octanol–water partition coefficient (Wildman–Crippen LogP) is 4.36. The third-order valence-electron chi connectivity index (χ3n) is 3.35. The van der Waals surface area contributed by atoms with E-state index in [0.717, 1.165) is 0 Å². The lowest BCUT2D eigenvalue weighted by molar-refractivity contribution is 1.08. The van der Waals surface area contributed by atoms with E-state index in [1.807, 2.05) is 0 Å². The van der Waals surface area contributed by atoms with Gasteiger partial charge in [0.25, 0.3) is 0 Å². The molecule has 3 rings (SSSR count). The molecule has 0 saturated heterocycles. The van der Waals surface area contributed by atoms with Gasteiger partial charge in [-0.2, -0.15) is 0 Å². The maximum atomic E-state index is 2.25. The maximum Gasteiger partial charge on any atom is 0.0207 e. The van der Waals surface area contributed by atoms with E-state index in [0.29, 0.717) is 5.92 Å². The van der Waals surface area contributed by atoms with Gasteiger partial charge in [-0.05, 0) is 28.8 Å². The molecule has 1 aliphatic carbocycles. The highest BCUT2D eigenvalue weighted by atomic mass is 14.1. The van der Waals surface area contributed by atoms with Crippen LogP contribution in [0.25, 0.3) is 10.8 Å². The second-order valence-electron chi connectivity index (χ2n) is 4.30. The second kappa shape index (κ2) is 3.64. The number of rotatable bonds is 1. The summed E-state index contributed by atoms with van der Waals surface area (Å²) in [6, 6.07) is 13.1. The van der Waals surface area contributed by atoms with Gasteiger partial charge in [0, 0.05) is 5.92 Å². The minimum Gasteiger partial charge on any atom is -0.0732 e. The molecule has 0 aliphatic heterocycles. The monoisotopic (exact) mass is 206 g/mol. The van der Waals surface area contributed by atoms with E-state index >= 15 is 0 Å². The second-order valence-corrected chi connectivity index (χ2v) is 4.30. The van der Waals surface area contributed by atoms with Crippen molar-refractivity contribution in [2.45, 2.75) is 12.8 Å². The Bertz CT molecular complexity index is 576. The van der Waals surface area contributed by atoms with Crippen LogP contribution < -0.4 is 0 Å². The molecule has 1 aliphatic rings. The summed E-state index contributed by atoms with van der Waals surface area (Å²) >= 11 is 0. The first-order chi connectivity index (χ1) is 7.86. The molecule has 0 heteroatoms. The van der Waals surface area contributed by atoms with Crippen LogP contribution >= 0.6 is 0 Å². The van der Waals surface area contributed by atoms with Crippen LogP contribution in [0.15, 0.2) is 60.7 Å². The minimum atomic E-state index is 0.463. The Morgan fingerprint density at radius 3 is 2.44 bits per heavy atom. The zero-order chi connectivity index (χ0) is 11.0. The topological polar surface area (TPSA) is 0 Å². The van der Waals surface area contributed by atoms with Crippen molar-refractivity contribution in [3.63, 3.8) is 0 Å². The maximum absolute atomic E-state index is 2.25. The Kier molecular flexibility index (Phi) is 2.14. The lowest BCUT2D eigenvalue weighted by Crippen LogP contribution is -1.93. The molecule has 2 aromatic rings. The molecule has 0 heterocycles. The molecule has 0 amide bonds. The van der Waals surface area contributed by atoms with Crippen LogP contribution in [0.3, 0.4) is 0 Å². The molecule has 0 unspecified atom stereocenters. The molecule has 0 fully saturated rings. The summed E-state index contributed by atoms with van der Waals surface area (Å²) < 4.78 is 0. The number of aryl methyl sites for hydroxylation is 1. The molecule has 2 aromatic carbocycles. The fourth-order valence-electron chi connectivity index (χ4n) is 2.44. The highest BCUT2D eigenvalue weighted by Crippen LogP contribution is 2.30. The normalized spacial score (nSPS) is 15.1. The Labute approximate surface area is 95.9 Å². The van der Waals surface area contributed by atoms with Crippen molar-refractivity contribution in [1.29, 1.82) is 0 Å². The van der Waals surface area contributed by atoms with Crippen LogP contribution in [-0.2, 0) is 0 Å². The zero-order valence-corrected chi connectivity index (χ0v) is 9.35. The van der Waals surface area contributed by atoms with Gasteiger partial charge in [0.2, 0.25) is 0 Å². The lowest BCUT2D eigenvalue weighted by Gasteiger charge is -2.12. The van der Waals surface area contributed by atoms with E-state index < -0.39 is 0 Å². The van der Waals surface area contributed by atoms with Crippen molar-refractivity contribution in [1.82, 2.24) is 0 Å². The molecular weight excluding hydrogens is 192 g/mol. The fourth-order valence-corrected chi connectivity index (χ4v) is 2.44. The summed E-state index contributed by atoms with van der Waals surface area (Å²) in [6.07, 6.45) is 8.74. The molecule has 0 bridgehead atoms. The average Bonchev–Trinajstić information content (AvgIpc) is 2.83. The van der Waals surface area contributed by atoms with Gasteiger partial charge in [-0.3, -0.25) is 0 Å². The standard InChI is InChI=1S/C16H14/c1-12-15-9-5-4-8-14(15)10-11-16(12)13-6-2-3-7-13/h2-11,13H,1H3. The van der Waals surface area contributed by atoms with Gasteiger partial charge in [-0.25, -0.2) is 0 Å². The Hall–Kier alpha value is -1.82. The molecule has 0 saturated carbocycles. The average molecular weight is 206 g/mol. The first-order valence-corrected chi connectivity index (χ1v) is 5.69. The third kappa shape index (κ3) is 1.38. The first-order valence-electron chi connectivity index (χ1n) is 5.69.